The number of ether oxygens (including phenoxy) is 1. The summed E-state index contributed by atoms with van der Waals surface area (Å²) in [6.07, 6.45) is 0.225. The first-order chi connectivity index (χ1) is 9.56. The summed E-state index contributed by atoms with van der Waals surface area (Å²) in [6.45, 7) is -0.0292. The second-order valence-electron chi connectivity index (χ2n) is 4.18. The van der Waals surface area contributed by atoms with Crippen molar-refractivity contribution in [3.8, 4) is 5.75 Å². The van der Waals surface area contributed by atoms with Gasteiger partial charge in [0.15, 0.2) is 5.78 Å². The van der Waals surface area contributed by atoms with Gasteiger partial charge < -0.3 is 4.74 Å². The summed E-state index contributed by atoms with van der Waals surface area (Å²) in [6, 6.07) is 11.4. The minimum atomic E-state index is -0.311. The molecule has 2 rings (SSSR count). The van der Waals surface area contributed by atoms with E-state index in [0.29, 0.717) is 5.75 Å². The van der Waals surface area contributed by atoms with Crippen molar-refractivity contribution < 1.29 is 13.9 Å². The van der Waals surface area contributed by atoms with E-state index in [1.165, 1.54) is 12.1 Å². The molecular weight excluding hydrogens is 391 g/mol. The highest BCUT2D eigenvalue weighted by Gasteiger charge is 2.09. The molecule has 0 bridgehead atoms. The van der Waals surface area contributed by atoms with Crippen LogP contribution in [-0.2, 0) is 11.2 Å². The molecule has 0 fully saturated rings. The molecule has 0 saturated carbocycles. The number of carbonyl (C=O) groups excluding carboxylic acids is 1. The third-order valence-corrected chi connectivity index (χ3v) is 3.86. The number of carbonyl (C=O) groups is 1. The normalized spacial score (nSPS) is 10.3. The van der Waals surface area contributed by atoms with E-state index < -0.39 is 0 Å². The van der Waals surface area contributed by atoms with E-state index >= 15 is 0 Å². The number of ketones is 1. The van der Waals surface area contributed by atoms with Crippen molar-refractivity contribution >= 4 is 37.6 Å². The highest BCUT2D eigenvalue weighted by molar-refractivity contribution is 9.11. The first kappa shape index (κ1) is 15.2. The van der Waals surface area contributed by atoms with E-state index in [4.69, 9.17) is 4.74 Å². The van der Waals surface area contributed by atoms with Crippen molar-refractivity contribution in [2.45, 2.75) is 6.42 Å². The van der Waals surface area contributed by atoms with Crippen LogP contribution >= 0.6 is 31.9 Å². The van der Waals surface area contributed by atoms with Crippen LogP contribution in [0.15, 0.2) is 51.4 Å². The van der Waals surface area contributed by atoms with Crippen molar-refractivity contribution in [3.63, 3.8) is 0 Å². The van der Waals surface area contributed by atoms with Crippen LogP contribution in [0.1, 0.15) is 5.56 Å². The van der Waals surface area contributed by atoms with Crippen LogP contribution < -0.4 is 4.74 Å². The molecule has 0 atom stereocenters. The number of hydrogen-bond acceptors (Lipinski definition) is 2. The molecule has 2 aromatic rings. The zero-order valence-electron chi connectivity index (χ0n) is 10.4. The second-order valence-corrected chi connectivity index (χ2v) is 5.89. The summed E-state index contributed by atoms with van der Waals surface area (Å²) in [5.74, 6) is 0.216. The molecule has 0 spiro atoms. The molecule has 0 N–H and O–H groups in total. The van der Waals surface area contributed by atoms with E-state index in [0.717, 1.165) is 14.5 Å². The van der Waals surface area contributed by atoms with Gasteiger partial charge in [0.25, 0.3) is 0 Å². The number of rotatable bonds is 5. The first-order valence-electron chi connectivity index (χ1n) is 5.89. The molecule has 0 unspecified atom stereocenters. The number of hydrogen-bond donors (Lipinski definition) is 0. The lowest BCUT2D eigenvalue weighted by Crippen LogP contribution is -2.14. The second kappa shape index (κ2) is 6.99. The maximum Gasteiger partial charge on any atom is 0.174 e. The van der Waals surface area contributed by atoms with Crippen LogP contribution in [-0.4, -0.2) is 12.4 Å². The minimum Gasteiger partial charge on any atom is -0.483 e. The van der Waals surface area contributed by atoms with Crippen LogP contribution in [0.5, 0.6) is 5.75 Å². The highest BCUT2D eigenvalue weighted by Crippen LogP contribution is 2.32. The summed E-state index contributed by atoms with van der Waals surface area (Å²) < 4.78 is 19.8. The topological polar surface area (TPSA) is 26.3 Å². The quantitative estimate of drug-likeness (QED) is 0.735. The first-order valence-corrected chi connectivity index (χ1v) is 7.48. The summed E-state index contributed by atoms with van der Waals surface area (Å²) in [5, 5.41) is 0. The third-order valence-electron chi connectivity index (χ3n) is 2.61. The molecule has 0 amide bonds. The predicted octanol–water partition coefficient (Wildman–Crippen LogP) is 4.54. The van der Waals surface area contributed by atoms with Gasteiger partial charge >= 0.3 is 0 Å². The molecule has 104 valence electrons. The zero-order valence-corrected chi connectivity index (χ0v) is 13.6. The lowest BCUT2D eigenvalue weighted by Gasteiger charge is -2.09. The van der Waals surface area contributed by atoms with Crippen LogP contribution in [0.4, 0.5) is 4.39 Å². The number of para-hydroxylation sites is 1. The Kier molecular flexibility index (Phi) is 5.31. The molecule has 0 aliphatic heterocycles. The van der Waals surface area contributed by atoms with Gasteiger partial charge in [0.05, 0.1) is 8.95 Å². The van der Waals surface area contributed by atoms with Crippen LogP contribution in [0.2, 0.25) is 0 Å². The van der Waals surface area contributed by atoms with E-state index in [1.54, 1.807) is 12.1 Å². The average molecular weight is 402 g/mol. The van der Waals surface area contributed by atoms with Crippen LogP contribution in [0, 0.1) is 5.82 Å². The van der Waals surface area contributed by atoms with Gasteiger partial charge in [0.2, 0.25) is 0 Å². The van der Waals surface area contributed by atoms with Gasteiger partial charge in [-0.3, -0.25) is 4.79 Å². The Labute approximate surface area is 133 Å². The van der Waals surface area contributed by atoms with Gasteiger partial charge in [-0.2, -0.15) is 0 Å². The largest absolute Gasteiger partial charge is 0.483 e. The van der Waals surface area contributed by atoms with Gasteiger partial charge in [-0.25, -0.2) is 4.39 Å². The number of Topliss-reactive ketones (excluding diaryl/α,β-unsaturated/α-hetero) is 1. The zero-order chi connectivity index (χ0) is 14.5. The van der Waals surface area contributed by atoms with Crippen LogP contribution in [0.25, 0.3) is 0 Å². The lowest BCUT2D eigenvalue weighted by atomic mass is 10.1. The molecule has 2 nitrogen and oxygen atoms in total. The SMILES string of the molecule is O=C(COc1c(Br)cccc1Br)Cc1ccc(F)cc1. The lowest BCUT2D eigenvalue weighted by molar-refractivity contribution is -0.120. The summed E-state index contributed by atoms with van der Waals surface area (Å²) in [5.41, 5.74) is 0.770. The van der Waals surface area contributed by atoms with E-state index in [2.05, 4.69) is 31.9 Å². The Morgan fingerprint density at radius 1 is 1.05 bits per heavy atom. The molecule has 5 heteroatoms. The van der Waals surface area contributed by atoms with E-state index in [-0.39, 0.29) is 24.6 Å². The fourth-order valence-corrected chi connectivity index (χ4v) is 2.88. The monoisotopic (exact) mass is 400 g/mol. The Balaban J connectivity index is 1.94. The predicted molar refractivity (Wildman–Crippen MR) is 82.4 cm³/mol. The maximum atomic E-state index is 12.8. The molecular formula is C15H11Br2FO2. The number of benzene rings is 2. The fraction of sp³-hybridized carbons (Fsp3) is 0.133. The maximum absolute atomic E-state index is 12.8. The van der Waals surface area contributed by atoms with Crippen molar-refractivity contribution in [3.05, 3.63) is 62.8 Å². The molecule has 0 heterocycles. The van der Waals surface area contributed by atoms with Crippen molar-refractivity contribution in [2.24, 2.45) is 0 Å². The van der Waals surface area contributed by atoms with Gasteiger partial charge in [0, 0.05) is 6.42 Å². The molecule has 0 aliphatic carbocycles. The Morgan fingerprint density at radius 2 is 1.65 bits per heavy atom. The van der Waals surface area contributed by atoms with E-state index in [1.807, 2.05) is 18.2 Å². The summed E-state index contributed by atoms with van der Waals surface area (Å²) in [4.78, 5) is 11.8. The van der Waals surface area contributed by atoms with Gasteiger partial charge in [-0.15, -0.1) is 0 Å². The molecule has 20 heavy (non-hydrogen) atoms. The minimum absolute atomic E-state index is 0.0292. The Morgan fingerprint density at radius 3 is 2.25 bits per heavy atom. The number of halogens is 3. The van der Waals surface area contributed by atoms with Gasteiger partial charge in [0.1, 0.15) is 18.2 Å². The van der Waals surface area contributed by atoms with Crippen molar-refractivity contribution in [2.75, 3.05) is 6.61 Å². The van der Waals surface area contributed by atoms with Crippen LogP contribution in [0.3, 0.4) is 0 Å². The average Bonchev–Trinajstić information content (AvgIpc) is 2.41. The molecule has 0 aliphatic rings. The standard InChI is InChI=1S/C15H11Br2FO2/c16-13-2-1-3-14(17)15(13)20-9-12(19)8-10-4-6-11(18)7-5-10/h1-7H,8-9H2. The molecule has 2 aromatic carbocycles. The highest BCUT2D eigenvalue weighted by atomic mass is 79.9. The molecule has 0 radical (unpaired) electrons. The Hall–Kier alpha value is -1.20. The van der Waals surface area contributed by atoms with Crippen molar-refractivity contribution in [1.29, 1.82) is 0 Å². The smallest absolute Gasteiger partial charge is 0.174 e. The summed E-state index contributed by atoms with van der Waals surface area (Å²) >= 11 is 6.73. The third kappa shape index (κ3) is 4.15. The Bertz CT molecular complexity index is 592. The van der Waals surface area contributed by atoms with E-state index in [9.17, 15) is 9.18 Å². The summed E-state index contributed by atoms with van der Waals surface area (Å²) in [7, 11) is 0. The van der Waals surface area contributed by atoms with Gasteiger partial charge in [-0.05, 0) is 61.7 Å². The van der Waals surface area contributed by atoms with Gasteiger partial charge in [-0.1, -0.05) is 18.2 Å². The fourth-order valence-electron chi connectivity index (χ4n) is 1.65. The molecule has 0 saturated heterocycles. The molecule has 0 aromatic heterocycles. The van der Waals surface area contributed by atoms with Crippen molar-refractivity contribution in [1.82, 2.24) is 0 Å².